The Bertz CT molecular complexity index is 1090. The van der Waals surface area contributed by atoms with Crippen LogP contribution in [0, 0.1) is 6.92 Å². The predicted octanol–water partition coefficient (Wildman–Crippen LogP) is 5.18. The van der Waals surface area contributed by atoms with Crippen LogP contribution in [0.3, 0.4) is 0 Å². The Kier molecular flexibility index (Phi) is 6.39. The fourth-order valence-corrected chi connectivity index (χ4v) is 2.93. The van der Waals surface area contributed by atoms with Crippen LogP contribution in [-0.4, -0.2) is 24.3 Å². The van der Waals surface area contributed by atoms with E-state index < -0.39 is 11.9 Å². The van der Waals surface area contributed by atoms with Gasteiger partial charge >= 0.3 is 5.97 Å². The number of carbonyl (C=O) groups excluding carboxylic acids is 3. The summed E-state index contributed by atoms with van der Waals surface area (Å²) in [5.74, 6) is -1.19. The van der Waals surface area contributed by atoms with Crippen LogP contribution in [0.2, 0.25) is 0 Å². The molecular weight excluding hydrogens is 394 g/mol. The van der Waals surface area contributed by atoms with Gasteiger partial charge in [-0.05, 0) is 47.7 Å². The summed E-state index contributed by atoms with van der Waals surface area (Å²) in [6, 6.07) is 15.2. The second kappa shape index (κ2) is 9.00. The molecule has 2 aromatic carbocycles. The number of carbonyl (C=O) groups is 3. The lowest BCUT2D eigenvalue weighted by Gasteiger charge is -2.18. The van der Waals surface area contributed by atoms with Gasteiger partial charge in [-0.15, -0.1) is 0 Å². The summed E-state index contributed by atoms with van der Waals surface area (Å²) in [4.78, 5) is 37.0. The van der Waals surface area contributed by atoms with Gasteiger partial charge in [-0.1, -0.05) is 51.1 Å². The minimum absolute atomic E-state index is 0.0104. The summed E-state index contributed by atoms with van der Waals surface area (Å²) in [5.41, 5.74) is 3.05. The number of hydrogen-bond acceptors (Lipinski definition) is 5. The molecule has 0 saturated carbocycles. The molecule has 1 amide bonds. The third kappa shape index (κ3) is 5.48. The predicted molar refractivity (Wildman–Crippen MR) is 118 cm³/mol. The lowest BCUT2D eigenvalue weighted by Crippen LogP contribution is -2.16. The molecule has 0 saturated heterocycles. The van der Waals surface area contributed by atoms with Gasteiger partial charge in [-0.25, -0.2) is 4.79 Å². The minimum Gasteiger partial charge on any atom is -0.459 e. The summed E-state index contributed by atoms with van der Waals surface area (Å²) in [6.07, 6.45) is 1.41. The Balaban J connectivity index is 1.64. The van der Waals surface area contributed by atoms with E-state index in [4.69, 9.17) is 9.15 Å². The number of benzene rings is 2. The van der Waals surface area contributed by atoms with Crippen LogP contribution in [-0.2, 0) is 10.2 Å². The third-order valence-corrected chi connectivity index (χ3v) is 4.87. The standard InChI is InChI=1S/C25H25NO5/c1-16-7-8-18(14-20(16)26-23(28)22-6-5-13-30-22)24(29)31-15-21(27)17-9-11-19(12-10-17)25(2,3)4/h5-14H,15H2,1-4H3,(H,26,28). The molecule has 0 aliphatic rings. The van der Waals surface area contributed by atoms with Gasteiger partial charge in [0, 0.05) is 11.3 Å². The first-order valence-electron chi connectivity index (χ1n) is 9.91. The van der Waals surface area contributed by atoms with Gasteiger partial charge in [0.2, 0.25) is 0 Å². The Morgan fingerprint density at radius 3 is 2.26 bits per heavy atom. The minimum atomic E-state index is -0.645. The lowest BCUT2D eigenvalue weighted by atomic mass is 9.86. The highest BCUT2D eigenvalue weighted by atomic mass is 16.5. The lowest BCUT2D eigenvalue weighted by molar-refractivity contribution is 0.0474. The fourth-order valence-electron chi connectivity index (χ4n) is 2.93. The molecule has 160 valence electrons. The molecule has 0 atom stereocenters. The molecule has 6 nitrogen and oxygen atoms in total. The maximum Gasteiger partial charge on any atom is 0.338 e. The van der Waals surface area contributed by atoms with E-state index >= 15 is 0 Å². The van der Waals surface area contributed by atoms with Crippen LogP contribution in [0.5, 0.6) is 0 Å². The van der Waals surface area contributed by atoms with Crippen LogP contribution in [0.1, 0.15) is 63.2 Å². The number of Topliss-reactive ketones (excluding diaryl/α,β-unsaturated/α-hetero) is 1. The molecular formula is C25H25NO5. The van der Waals surface area contributed by atoms with Crippen LogP contribution < -0.4 is 5.32 Å². The number of anilines is 1. The van der Waals surface area contributed by atoms with E-state index in [2.05, 4.69) is 26.1 Å². The van der Waals surface area contributed by atoms with Crippen molar-refractivity contribution in [2.45, 2.75) is 33.1 Å². The normalized spacial score (nSPS) is 11.1. The highest BCUT2D eigenvalue weighted by Crippen LogP contribution is 2.22. The molecule has 3 rings (SSSR count). The highest BCUT2D eigenvalue weighted by Gasteiger charge is 2.17. The number of ether oxygens (including phenoxy) is 1. The summed E-state index contributed by atoms with van der Waals surface area (Å²) in [7, 11) is 0. The Morgan fingerprint density at radius 1 is 0.968 bits per heavy atom. The van der Waals surface area contributed by atoms with Crippen molar-refractivity contribution in [1.82, 2.24) is 0 Å². The number of aryl methyl sites for hydroxylation is 1. The first-order chi connectivity index (χ1) is 14.6. The van der Waals surface area contributed by atoms with E-state index in [-0.39, 0.29) is 29.1 Å². The molecule has 0 unspecified atom stereocenters. The van der Waals surface area contributed by atoms with Crippen LogP contribution >= 0.6 is 0 Å². The average molecular weight is 419 g/mol. The largest absolute Gasteiger partial charge is 0.459 e. The maximum absolute atomic E-state index is 12.4. The van der Waals surface area contributed by atoms with Gasteiger partial charge in [0.05, 0.1) is 11.8 Å². The van der Waals surface area contributed by atoms with Crippen LogP contribution in [0.25, 0.3) is 0 Å². The Labute approximate surface area is 181 Å². The van der Waals surface area contributed by atoms with Crippen molar-refractivity contribution >= 4 is 23.3 Å². The van der Waals surface area contributed by atoms with Crippen molar-refractivity contribution in [3.05, 3.63) is 88.9 Å². The van der Waals surface area contributed by atoms with E-state index in [1.165, 1.54) is 12.3 Å². The molecule has 0 aliphatic carbocycles. The first-order valence-corrected chi connectivity index (χ1v) is 9.91. The van der Waals surface area contributed by atoms with E-state index in [1.54, 1.807) is 43.3 Å². The molecule has 0 radical (unpaired) electrons. The van der Waals surface area contributed by atoms with Crippen molar-refractivity contribution in [3.8, 4) is 0 Å². The summed E-state index contributed by atoms with van der Waals surface area (Å²) in [5, 5.41) is 2.71. The second-order valence-corrected chi connectivity index (χ2v) is 8.29. The van der Waals surface area contributed by atoms with E-state index in [1.807, 2.05) is 12.1 Å². The number of ketones is 1. The van der Waals surface area contributed by atoms with Gasteiger partial charge in [0.15, 0.2) is 18.2 Å². The zero-order chi connectivity index (χ0) is 22.6. The smallest absolute Gasteiger partial charge is 0.338 e. The maximum atomic E-state index is 12.4. The number of nitrogens with one attached hydrogen (secondary N) is 1. The average Bonchev–Trinajstić information content (AvgIpc) is 3.28. The van der Waals surface area contributed by atoms with Gasteiger partial charge in [0.1, 0.15) is 0 Å². The van der Waals surface area contributed by atoms with Gasteiger partial charge in [-0.2, -0.15) is 0 Å². The molecule has 6 heteroatoms. The van der Waals surface area contributed by atoms with Crippen LogP contribution in [0.15, 0.2) is 65.3 Å². The number of esters is 1. The van der Waals surface area contributed by atoms with E-state index in [0.29, 0.717) is 11.3 Å². The number of rotatable bonds is 6. The molecule has 1 aromatic heterocycles. The molecule has 31 heavy (non-hydrogen) atoms. The summed E-state index contributed by atoms with van der Waals surface area (Å²) >= 11 is 0. The fraction of sp³-hybridized carbons (Fsp3) is 0.240. The zero-order valence-corrected chi connectivity index (χ0v) is 18.0. The molecule has 1 heterocycles. The number of furan rings is 1. The van der Waals surface area contributed by atoms with Gasteiger partial charge < -0.3 is 14.5 Å². The molecule has 1 N–H and O–H groups in total. The van der Waals surface area contributed by atoms with Crippen molar-refractivity contribution in [1.29, 1.82) is 0 Å². The Hall–Kier alpha value is -3.67. The van der Waals surface area contributed by atoms with E-state index in [9.17, 15) is 14.4 Å². The van der Waals surface area contributed by atoms with Crippen molar-refractivity contribution in [3.63, 3.8) is 0 Å². The molecule has 3 aromatic rings. The summed E-state index contributed by atoms with van der Waals surface area (Å²) in [6.45, 7) is 7.72. The Morgan fingerprint density at radius 2 is 1.65 bits per heavy atom. The monoisotopic (exact) mass is 419 g/mol. The molecule has 0 spiro atoms. The number of amides is 1. The van der Waals surface area contributed by atoms with Crippen molar-refractivity contribution in [2.75, 3.05) is 11.9 Å². The van der Waals surface area contributed by atoms with Gasteiger partial charge in [0.25, 0.3) is 5.91 Å². The second-order valence-electron chi connectivity index (χ2n) is 8.29. The first kappa shape index (κ1) is 22.0. The third-order valence-electron chi connectivity index (χ3n) is 4.87. The zero-order valence-electron chi connectivity index (χ0n) is 18.0. The number of hydrogen-bond donors (Lipinski definition) is 1. The molecule has 0 aliphatic heterocycles. The van der Waals surface area contributed by atoms with Crippen molar-refractivity contribution in [2.24, 2.45) is 0 Å². The van der Waals surface area contributed by atoms with E-state index in [0.717, 1.165) is 11.1 Å². The molecule has 0 bridgehead atoms. The highest BCUT2D eigenvalue weighted by molar-refractivity contribution is 6.04. The summed E-state index contributed by atoms with van der Waals surface area (Å²) < 4.78 is 10.3. The molecule has 0 fully saturated rings. The topological polar surface area (TPSA) is 85.6 Å². The van der Waals surface area contributed by atoms with Crippen molar-refractivity contribution < 1.29 is 23.5 Å². The van der Waals surface area contributed by atoms with Gasteiger partial charge in [-0.3, -0.25) is 9.59 Å². The quantitative estimate of drug-likeness (QED) is 0.440. The van der Waals surface area contributed by atoms with Crippen LogP contribution in [0.4, 0.5) is 5.69 Å². The SMILES string of the molecule is Cc1ccc(C(=O)OCC(=O)c2ccc(C(C)(C)C)cc2)cc1NC(=O)c1ccco1.